The van der Waals surface area contributed by atoms with Gasteiger partial charge in [-0.1, -0.05) is 0 Å². The van der Waals surface area contributed by atoms with E-state index in [1.54, 1.807) is 25.3 Å². The van der Waals surface area contributed by atoms with E-state index in [9.17, 15) is 0 Å². The summed E-state index contributed by atoms with van der Waals surface area (Å²) < 4.78 is 10.1. The second-order valence-corrected chi connectivity index (χ2v) is 2.76. The first-order chi connectivity index (χ1) is 6.76. The van der Waals surface area contributed by atoms with Crippen molar-refractivity contribution in [3.05, 3.63) is 24.3 Å². The summed E-state index contributed by atoms with van der Waals surface area (Å²) >= 11 is 0. The van der Waals surface area contributed by atoms with E-state index in [0.29, 0.717) is 11.5 Å². The fourth-order valence-electron chi connectivity index (χ4n) is 0.876. The zero-order valence-corrected chi connectivity index (χ0v) is 7.93. The van der Waals surface area contributed by atoms with Crippen LogP contribution in [-0.4, -0.2) is 36.6 Å². The van der Waals surface area contributed by atoms with E-state index in [1.165, 1.54) is 0 Å². The predicted octanol–water partition coefficient (Wildman–Crippen LogP) is 0.227. The molecule has 0 bridgehead atoms. The van der Waals surface area contributed by atoms with Crippen LogP contribution >= 0.6 is 0 Å². The summed E-state index contributed by atoms with van der Waals surface area (Å²) in [5, 5.41) is 17.6. The van der Waals surface area contributed by atoms with E-state index in [2.05, 4.69) is 6.07 Å². The van der Waals surface area contributed by atoms with E-state index in [0.717, 1.165) is 0 Å². The van der Waals surface area contributed by atoms with E-state index in [4.69, 9.17) is 19.7 Å². The Labute approximate surface area is 82.7 Å². The fraction of sp³-hybridized carbons (Fsp3) is 0.400. The molecule has 4 heteroatoms. The van der Waals surface area contributed by atoms with Gasteiger partial charge in [-0.3, -0.25) is 0 Å². The SMILES string of the molecule is COc1c[c]cc(OCC(O)CO)c1. The van der Waals surface area contributed by atoms with Crippen LogP contribution in [0, 0.1) is 6.07 Å². The van der Waals surface area contributed by atoms with Crippen molar-refractivity contribution in [3.8, 4) is 11.5 Å². The third-order valence-electron chi connectivity index (χ3n) is 1.62. The summed E-state index contributed by atoms with van der Waals surface area (Å²) in [7, 11) is 1.55. The Hall–Kier alpha value is -1.26. The smallest absolute Gasteiger partial charge is 0.123 e. The summed E-state index contributed by atoms with van der Waals surface area (Å²) in [6, 6.07) is 7.82. The van der Waals surface area contributed by atoms with E-state index in [-0.39, 0.29) is 13.2 Å². The molecule has 0 saturated heterocycles. The Balaban J connectivity index is 2.50. The second kappa shape index (κ2) is 5.47. The number of hydrogen-bond acceptors (Lipinski definition) is 4. The zero-order chi connectivity index (χ0) is 10.4. The first-order valence-corrected chi connectivity index (χ1v) is 4.23. The minimum atomic E-state index is -0.860. The minimum absolute atomic E-state index is 0.0531. The maximum Gasteiger partial charge on any atom is 0.123 e. The average Bonchev–Trinajstić information content (AvgIpc) is 2.26. The van der Waals surface area contributed by atoms with Crippen molar-refractivity contribution in [1.82, 2.24) is 0 Å². The number of methoxy groups -OCH3 is 1. The largest absolute Gasteiger partial charge is 0.497 e. The molecule has 2 N–H and O–H groups in total. The van der Waals surface area contributed by atoms with Gasteiger partial charge in [-0.2, -0.15) is 0 Å². The van der Waals surface area contributed by atoms with Crippen molar-refractivity contribution in [3.63, 3.8) is 0 Å². The van der Waals surface area contributed by atoms with E-state index in [1.807, 2.05) is 0 Å². The van der Waals surface area contributed by atoms with Gasteiger partial charge in [0.25, 0.3) is 0 Å². The van der Waals surface area contributed by atoms with Gasteiger partial charge in [0, 0.05) is 6.07 Å². The molecular weight excluding hydrogens is 184 g/mol. The third-order valence-corrected chi connectivity index (χ3v) is 1.62. The number of rotatable bonds is 5. The standard InChI is InChI=1S/C10H13O4/c1-13-9-3-2-4-10(5-9)14-7-8(12)6-11/h3-5,8,11-12H,6-7H2,1H3. The molecule has 1 rings (SSSR count). The Kier molecular flexibility index (Phi) is 4.22. The molecule has 14 heavy (non-hydrogen) atoms. The van der Waals surface area contributed by atoms with Gasteiger partial charge in [0.05, 0.1) is 13.7 Å². The lowest BCUT2D eigenvalue weighted by Gasteiger charge is -2.10. The van der Waals surface area contributed by atoms with Crippen LogP contribution in [0.1, 0.15) is 0 Å². The maximum atomic E-state index is 9.03. The van der Waals surface area contributed by atoms with Crippen LogP contribution in [0.15, 0.2) is 18.2 Å². The first-order valence-electron chi connectivity index (χ1n) is 4.23. The van der Waals surface area contributed by atoms with E-state index < -0.39 is 6.10 Å². The summed E-state index contributed by atoms with van der Waals surface area (Å²) in [5.74, 6) is 1.19. The first kappa shape index (κ1) is 10.8. The molecule has 0 heterocycles. The molecule has 0 aliphatic heterocycles. The van der Waals surface area contributed by atoms with Crippen molar-refractivity contribution < 1.29 is 19.7 Å². The van der Waals surface area contributed by atoms with Crippen molar-refractivity contribution in [1.29, 1.82) is 0 Å². The predicted molar refractivity (Wildman–Crippen MR) is 50.4 cm³/mol. The molecule has 1 aromatic rings. The van der Waals surface area contributed by atoms with Gasteiger partial charge in [0.15, 0.2) is 0 Å². The molecule has 1 unspecified atom stereocenters. The van der Waals surface area contributed by atoms with Gasteiger partial charge < -0.3 is 19.7 Å². The minimum Gasteiger partial charge on any atom is -0.497 e. The van der Waals surface area contributed by atoms with Crippen molar-refractivity contribution in [2.24, 2.45) is 0 Å². The van der Waals surface area contributed by atoms with Crippen LogP contribution in [0.2, 0.25) is 0 Å². The molecule has 0 aromatic heterocycles. The van der Waals surface area contributed by atoms with E-state index >= 15 is 0 Å². The van der Waals surface area contributed by atoms with Crippen LogP contribution in [0.4, 0.5) is 0 Å². The van der Waals surface area contributed by atoms with Gasteiger partial charge in [-0.15, -0.1) is 0 Å². The van der Waals surface area contributed by atoms with Gasteiger partial charge in [-0.05, 0) is 18.2 Å². The Morgan fingerprint density at radius 2 is 2.14 bits per heavy atom. The molecule has 77 valence electrons. The summed E-state index contributed by atoms with van der Waals surface area (Å²) in [6.45, 7) is -0.259. The second-order valence-electron chi connectivity index (χ2n) is 2.76. The molecule has 1 aromatic carbocycles. The monoisotopic (exact) mass is 197 g/mol. The highest BCUT2D eigenvalue weighted by Crippen LogP contribution is 2.18. The quantitative estimate of drug-likeness (QED) is 0.709. The zero-order valence-electron chi connectivity index (χ0n) is 7.93. The molecule has 1 atom stereocenters. The number of ether oxygens (including phenoxy) is 2. The Morgan fingerprint density at radius 3 is 2.79 bits per heavy atom. The number of hydrogen-bond donors (Lipinski definition) is 2. The molecule has 0 aliphatic carbocycles. The normalized spacial score (nSPS) is 12.2. The topological polar surface area (TPSA) is 58.9 Å². The van der Waals surface area contributed by atoms with Crippen LogP contribution < -0.4 is 9.47 Å². The highest BCUT2D eigenvalue weighted by Gasteiger charge is 2.03. The molecule has 0 spiro atoms. The lowest BCUT2D eigenvalue weighted by atomic mass is 10.3. The number of benzene rings is 1. The van der Waals surface area contributed by atoms with Crippen LogP contribution in [0.5, 0.6) is 11.5 Å². The van der Waals surface area contributed by atoms with Crippen LogP contribution in [0.3, 0.4) is 0 Å². The highest BCUT2D eigenvalue weighted by atomic mass is 16.5. The molecule has 0 fully saturated rings. The number of aliphatic hydroxyl groups excluding tert-OH is 2. The molecule has 1 radical (unpaired) electrons. The summed E-state index contributed by atoms with van der Waals surface area (Å²) in [5.41, 5.74) is 0. The molecule has 0 aliphatic rings. The summed E-state index contributed by atoms with van der Waals surface area (Å²) in [4.78, 5) is 0. The van der Waals surface area contributed by atoms with Gasteiger partial charge in [0.2, 0.25) is 0 Å². The average molecular weight is 197 g/mol. The molecule has 4 nitrogen and oxygen atoms in total. The van der Waals surface area contributed by atoms with Gasteiger partial charge >= 0.3 is 0 Å². The van der Waals surface area contributed by atoms with Gasteiger partial charge in [0.1, 0.15) is 24.2 Å². The van der Waals surface area contributed by atoms with Gasteiger partial charge in [-0.25, -0.2) is 0 Å². The van der Waals surface area contributed by atoms with Crippen molar-refractivity contribution in [2.45, 2.75) is 6.10 Å². The lowest BCUT2D eigenvalue weighted by molar-refractivity contribution is 0.0535. The highest BCUT2D eigenvalue weighted by molar-refractivity contribution is 5.32. The van der Waals surface area contributed by atoms with Crippen LogP contribution in [-0.2, 0) is 0 Å². The molecule has 0 saturated carbocycles. The van der Waals surface area contributed by atoms with Crippen molar-refractivity contribution >= 4 is 0 Å². The maximum absolute atomic E-state index is 9.03. The molecular formula is C10H13O4. The lowest BCUT2D eigenvalue weighted by Crippen LogP contribution is -2.21. The molecule has 0 amide bonds. The summed E-state index contributed by atoms with van der Waals surface area (Å²) in [6.07, 6.45) is -0.860. The number of aliphatic hydroxyl groups is 2. The van der Waals surface area contributed by atoms with Crippen molar-refractivity contribution in [2.75, 3.05) is 20.3 Å². The fourth-order valence-corrected chi connectivity index (χ4v) is 0.876. The Bertz CT molecular complexity index is 275. The van der Waals surface area contributed by atoms with Crippen LogP contribution in [0.25, 0.3) is 0 Å². The Morgan fingerprint density at radius 1 is 1.43 bits per heavy atom. The third kappa shape index (κ3) is 3.24.